The van der Waals surface area contributed by atoms with E-state index in [0.717, 1.165) is 12.1 Å². The van der Waals surface area contributed by atoms with Crippen LogP contribution in [0.25, 0.3) is 0 Å². The average Bonchev–Trinajstić information content (AvgIpc) is 3.38. The van der Waals surface area contributed by atoms with Crippen molar-refractivity contribution in [3.05, 3.63) is 77.4 Å². The normalized spacial score (nSPS) is 17.1. The molecule has 2 aromatic carbocycles. The summed E-state index contributed by atoms with van der Waals surface area (Å²) in [6.07, 6.45) is -1.78. The van der Waals surface area contributed by atoms with Crippen LogP contribution < -0.4 is 21.3 Å². The Morgan fingerprint density at radius 1 is 1.08 bits per heavy atom. The number of benzene rings is 2. The standard InChI is InChI=1S/C25H24F4N6O3/c1-30-23-32-12-16(13-33-23)21(36)35-24(8-9-38-14-24)22(37)31-11-15-2-5-18(6-3-15)34-20-7-4-17(26)10-19(20)25(27,28)29/h2-7,10,12-13,34H,8-9,11,14H2,1H3,(H,31,37)(H,35,36)(H,30,32,33). The van der Waals surface area contributed by atoms with Gasteiger partial charge in [-0.25, -0.2) is 14.4 Å². The zero-order valence-corrected chi connectivity index (χ0v) is 20.2. The summed E-state index contributed by atoms with van der Waals surface area (Å²) >= 11 is 0. The molecule has 0 saturated carbocycles. The molecule has 1 fully saturated rings. The lowest BCUT2D eigenvalue weighted by Gasteiger charge is -2.27. The number of carbonyl (C=O) groups is 2. The zero-order valence-electron chi connectivity index (χ0n) is 20.2. The predicted molar refractivity (Wildman–Crippen MR) is 130 cm³/mol. The molecule has 0 aliphatic carbocycles. The summed E-state index contributed by atoms with van der Waals surface area (Å²) < 4.78 is 58.5. The minimum atomic E-state index is -4.73. The van der Waals surface area contributed by atoms with Crippen molar-refractivity contribution in [1.82, 2.24) is 20.6 Å². The van der Waals surface area contributed by atoms with Crippen molar-refractivity contribution < 1.29 is 31.9 Å². The quantitative estimate of drug-likeness (QED) is 0.328. The van der Waals surface area contributed by atoms with E-state index in [1.807, 2.05) is 0 Å². The number of halogens is 4. The molecule has 1 aliphatic heterocycles. The second-order valence-electron chi connectivity index (χ2n) is 8.58. The van der Waals surface area contributed by atoms with E-state index >= 15 is 0 Å². The summed E-state index contributed by atoms with van der Waals surface area (Å²) in [4.78, 5) is 33.8. The number of nitrogens with zero attached hydrogens (tertiary/aromatic N) is 2. The Morgan fingerprint density at radius 3 is 2.39 bits per heavy atom. The smallest absolute Gasteiger partial charge is 0.378 e. The van der Waals surface area contributed by atoms with Gasteiger partial charge >= 0.3 is 6.18 Å². The maximum absolute atomic E-state index is 13.3. The van der Waals surface area contributed by atoms with E-state index in [9.17, 15) is 27.2 Å². The van der Waals surface area contributed by atoms with Gasteiger partial charge in [-0.15, -0.1) is 0 Å². The van der Waals surface area contributed by atoms with Gasteiger partial charge in [0, 0.05) is 44.7 Å². The minimum Gasteiger partial charge on any atom is -0.378 e. The number of hydrogen-bond acceptors (Lipinski definition) is 7. The third-order valence-corrected chi connectivity index (χ3v) is 5.92. The van der Waals surface area contributed by atoms with E-state index in [1.165, 1.54) is 24.5 Å². The second kappa shape index (κ2) is 11.0. The molecule has 2 heterocycles. The monoisotopic (exact) mass is 532 g/mol. The third kappa shape index (κ3) is 6.17. The summed E-state index contributed by atoms with van der Waals surface area (Å²) in [6.45, 7) is 0.371. The van der Waals surface area contributed by atoms with Gasteiger partial charge < -0.3 is 26.0 Å². The van der Waals surface area contributed by atoms with E-state index in [0.29, 0.717) is 23.3 Å². The van der Waals surface area contributed by atoms with Gasteiger partial charge in [0.05, 0.1) is 23.4 Å². The molecule has 1 saturated heterocycles. The summed E-state index contributed by atoms with van der Waals surface area (Å²) in [6, 6.07) is 8.70. The lowest BCUT2D eigenvalue weighted by atomic mass is 9.96. The number of hydrogen-bond donors (Lipinski definition) is 4. The number of carbonyl (C=O) groups excluding carboxylic acids is 2. The van der Waals surface area contributed by atoms with Gasteiger partial charge in [0.25, 0.3) is 5.91 Å². The van der Waals surface area contributed by atoms with Crippen LogP contribution in [0.1, 0.15) is 27.9 Å². The van der Waals surface area contributed by atoms with Crippen molar-refractivity contribution in [2.45, 2.75) is 24.7 Å². The van der Waals surface area contributed by atoms with Crippen molar-refractivity contribution in [2.24, 2.45) is 0 Å². The van der Waals surface area contributed by atoms with Crippen LogP contribution in [0.2, 0.25) is 0 Å². The highest BCUT2D eigenvalue weighted by atomic mass is 19.4. The fourth-order valence-electron chi connectivity index (χ4n) is 3.84. The molecule has 4 rings (SSSR count). The molecule has 38 heavy (non-hydrogen) atoms. The van der Waals surface area contributed by atoms with Crippen LogP contribution in [0, 0.1) is 5.82 Å². The molecule has 0 spiro atoms. The number of anilines is 3. The van der Waals surface area contributed by atoms with Crippen LogP contribution >= 0.6 is 0 Å². The van der Waals surface area contributed by atoms with Crippen LogP contribution in [-0.4, -0.2) is 47.6 Å². The Hall–Kier alpha value is -4.26. The van der Waals surface area contributed by atoms with Gasteiger partial charge in [0.1, 0.15) is 11.4 Å². The molecule has 1 aliphatic rings. The Balaban J connectivity index is 1.39. The summed E-state index contributed by atoms with van der Waals surface area (Å²) in [5.74, 6) is -1.62. The SMILES string of the molecule is CNc1ncc(C(=O)NC2(C(=O)NCc3ccc(Nc4ccc(F)cc4C(F)(F)F)cc3)CCOC2)cn1. The first-order valence-electron chi connectivity index (χ1n) is 11.5. The van der Waals surface area contributed by atoms with Crippen molar-refractivity contribution in [2.75, 3.05) is 30.9 Å². The van der Waals surface area contributed by atoms with Crippen LogP contribution in [0.5, 0.6) is 0 Å². The highest BCUT2D eigenvalue weighted by molar-refractivity contribution is 5.99. The zero-order chi connectivity index (χ0) is 27.3. The maximum Gasteiger partial charge on any atom is 0.418 e. The fraction of sp³-hybridized carbons (Fsp3) is 0.280. The number of rotatable bonds is 8. The molecule has 1 atom stereocenters. The lowest BCUT2D eigenvalue weighted by Crippen LogP contribution is -2.59. The summed E-state index contributed by atoms with van der Waals surface area (Å²) in [7, 11) is 1.64. The Kier molecular flexibility index (Phi) is 7.76. The molecule has 200 valence electrons. The van der Waals surface area contributed by atoms with Crippen molar-refractivity contribution in [3.8, 4) is 0 Å². The topological polar surface area (TPSA) is 117 Å². The van der Waals surface area contributed by atoms with Crippen LogP contribution in [0.15, 0.2) is 54.9 Å². The summed E-state index contributed by atoms with van der Waals surface area (Å²) in [5, 5.41) is 10.9. The van der Waals surface area contributed by atoms with E-state index in [1.54, 1.807) is 19.2 Å². The van der Waals surface area contributed by atoms with Crippen molar-refractivity contribution in [3.63, 3.8) is 0 Å². The van der Waals surface area contributed by atoms with Crippen LogP contribution in [0.4, 0.5) is 34.9 Å². The molecule has 0 bridgehead atoms. The first kappa shape index (κ1) is 26.8. The largest absolute Gasteiger partial charge is 0.418 e. The molecule has 1 aromatic heterocycles. The molecule has 13 heteroatoms. The van der Waals surface area contributed by atoms with Crippen molar-refractivity contribution >= 4 is 29.1 Å². The number of ether oxygens (including phenoxy) is 1. The first-order valence-corrected chi connectivity index (χ1v) is 11.5. The molecule has 9 nitrogen and oxygen atoms in total. The van der Waals surface area contributed by atoms with E-state index in [-0.39, 0.29) is 37.4 Å². The third-order valence-electron chi connectivity index (χ3n) is 5.92. The highest BCUT2D eigenvalue weighted by Crippen LogP contribution is 2.36. The lowest BCUT2D eigenvalue weighted by molar-refractivity contribution is -0.137. The average molecular weight is 532 g/mol. The van der Waals surface area contributed by atoms with Gasteiger partial charge in [-0.1, -0.05) is 12.1 Å². The maximum atomic E-state index is 13.3. The Bertz CT molecular complexity index is 1290. The predicted octanol–water partition coefficient (Wildman–Crippen LogP) is 3.63. The molecule has 2 amide bonds. The van der Waals surface area contributed by atoms with Gasteiger partial charge in [0.15, 0.2) is 0 Å². The molecule has 1 unspecified atom stereocenters. The van der Waals surface area contributed by atoms with E-state index in [2.05, 4.69) is 31.2 Å². The molecular weight excluding hydrogens is 508 g/mol. The summed E-state index contributed by atoms with van der Waals surface area (Å²) in [5.41, 5.74) is -1.50. The molecular formula is C25H24F4N6O3. The van der Waals surface area contributed by atoms with Gasteiger partial charge in [-0.3, -0.25) is 9.59 Å². The Morgan fingerprint density at radius 2 is 1.79 bits per heavy atom. The van der Waals surface area contributed by atoms with E-state index in [4.69, 9.17) is 4.74 Å². The second-order valence-corrected chi connectivity index (χ2v) is 8.58. The minimum absolute atomic E-state index is 0.0118. The van der Waals surface area contributed by atoms with Crippen LogP contribution in [-0.2, 0) is 22.3 Å². The highest BCUT2D eigenvalue weighted by Gasteiger charge is 2.43. The number of nitrogens with one attached hydrogen (secondary N) is 4. The number of alkyl halides is 3. The number of aromatic nitrogens is 2. The van der Waals surface area contributed by atoms with Gasteiger partial charge in [0.2, 0.25) is 11.9 Å². The first-order chi connectivity index (χ1) is 18.1. The fourth-order valence-corrected chi connectivity index (χ4v) is 3.84. The van der Waals surface area contributed by atoms with Gasteiger partial charge in [-0.05, 0) is 35.9 Å². The number of amides is 2. The Labute approximate surface area is 215 Å². The molecule has 0 radical (unpaired) electrons. The van der Waals surface area contributed by atoms with E-state index < -0.39 is 34.9 Å². The van der Waals surface area contributed by atoms with Gasteiger partial charge in [-0.2, -0.15) is 13.2 Å². The molecule has 3 aromatic rings. The molecule has 4 N–H and O–H groups in total. The van der Waals surface area contributed by atoms with Crippen LogP contribution in [0.3, 0.4) is 0 Å². The van der Waals surface area contributed by atoms with Crippen molar-refractivity contribution in [1.29, 1.82) is 0 Å².